The lowest BCUT2D eigenvalue weighted by atomic mass is 9.79. The Bertz CT molecular complexity index is 1530. The Morgan fingerprint density at radius 2 is 1.64 bits per heavy atom. The smallest absolute Gasteiger partial charge is 0.410 e. The zero-order valence-corrected chi connectivity index (χ0v) is 26.8. The van der Waals surface area contributed by atoms with Crippen LogP contribution in [0.3, 0.4) is 0 Å². The molecular formula is C34H42N4O6S. The van der Waals surface area contributed by atoms with Gasteiger partial charge < -0.3 is 14.5 Å². The van der Waals surface area contributed by atoms with Crippen molar-refractivity contribution >= 4 is 21.8 Å². The Hall–Kier alpha value is -4.06. The summed E-state index contributed by atoms with van der Waals surface area (Å²) in [4.78, 5) is 27.8. The minimum Gasteiger partial charge on any atom is -0.445 e. The molecule has 3 aromatic rings. The lowest BCUT2D eigenvalue weighted by Crippen LogP contribution is -2.48. The van der Waals surface area contributed by atoms with E-state index in [1.54, 1.807) is 60.5 Å². The van der Waals surface area contributed by atoms with Crippen LogP contribution in [0.1, 0.15) is 37.3 Å². The molecule has 0 radical (unpaired) electrons. The summed E-state index contributed by atoms with van der Waals surface area (Å²) in [5.41, 5.74) is 1.32. The molecule has 1 amide bonds. The maximum atomic E-state index is 13.4. The zero-order valence-electron chi connectivity index (χ0n) is 26.0. The van der Waals surface area contributed by atoms with Crippen LogP contribution in [0.2, 0.25) is 0 Å². The van der Waals surface area contributed by atoms with Gasteiger partial charge in [0.15, 0.2) is 0 Å². The number of nitro benzene ring substituents is 1. The maximum Gasteiger partial charge on any atom is 0.410 e. The fraction of sp³-hybridized carbons (Fsp3) is 0.382. The Morgan fingerprint density at radius 3 is 2.22 bits per heavy atom. The second-order valence-corrected chi connectivity index (χ2v) is 13.8. The number of likely N-dealkylation sites (tertiary alicyclic amines) is 1. The van der Waals surface area contributed by atoms with E-state index in [1.165, 1.54) is 16.4 Å². The van der Waals surface area contributed by atoms with Gasteiger partial charge in [-0.05, 0) is 61.2 Å². The van der Waals surface area contributed by atoms with Crippen molar-refractivity contribution in [1.82, 2.24) is 14.1 Å². The molecule has 1 heterocycles. The van der Waals surface area contributed by atoms with Crippen LogP contribution in [-0.2, 0) is 26.8 Å². The molecule has 0 aliphatic carbocycles. The molecule has 11 heteroatoms. The molecule has 1 saturated heterocycles. The van der Waals surface area contributed by atoms with E-state index in [2.05, 4.69) is 30.5 Å². The number of hydrogen-bond donors (Lipinski definition) is 0. The molecular weight excluding hydrogens is 592 g/mol. The van der Waals surface area contributed by atoms with Gasteiger partial charge in [-0.1, -0.05) is 61.5 Å². The van der Waals surface area contributed by atoms with E-state index < -0.39 is 26.5 Å². The van der Waals surface area contributed by atoms with E-state index >= 15 is 0 Å². The molecule has 1 fully saturated rings. The van der Waals surface area contributed by atoms with Gasteiger partial charge in [0, 0.05) is 56.8 Å². The summed E-state index contributed by atoms with van der Waals surface area (Å²) in [7, 11) is -2.00. The second kappa shape index (κ2) is 15.3. The number of rotatable bonds is 14. The fourth-order valence-corrected chi connectivity index (χ4v) is 7.13. The summed E-state index contributed by atoms with van der Waals surface area (Å²) in [6, 6.07) is 24.5. The minimum absolute atomic E-state index is 0.00809. The van der Waals surface area contributed by atoms with Crippen LogP contribution in [0, 0.1) is 10.1 Å². The molecule has 0 bridgehead atoms. The van der Waals surface area contributed by atoms with Gasteiger partial charge >= 0.3 is 6.09 Å². The Labute approximate surface area is 266 Å². The summed E-state index contributed by atoms with van der Waals surface area (Å²) >= 11 is 0. The van der Waals surface area contributed by atoms with Crippen LogP contribution >= 0.6 is 0 Å². The minimum atomic E-state index is -3.65. The van der Waals surface area contributed by atoms with E-state index in [9.17, 15) is 23.3 Å². The Morgan fingerprint density at radius 1 is 1.04 bits per heavy atom. The molecule has 0 aromatic heterocycles. The highest BCUT2D eigenvalue weighted by atomic mass is 32.2. The Balaban J connectivity index is 1.35. The number of carbonyl (C=O) groups excluding carboxylic acids is 1. The third-order valence-electron chi connectivity index (χ3n) is 8.54. The summed E-state index contributed by atoms with van der Waals surface area (Å²) in [6.45, 7) is 9.01. The number of amides is 1. The summed E-state index contributed by atoms with van der Waals surface area (Å²) in [6.07, 6.45) is 3.54. The molecule has 1 unspecified atom stereocenters. The van der Waals surface area contributed by atoms with E-state index in [0.29, 0.717) is 18.7 Å². The largest absolute Gasteiger partial charge is 0.445 e. The molecule has 0 saturated carbocycles. The number of sulfonamides is 1. The van der Waals surface area contributed by atoms with Crippen LogP contribution in [0.15, 0.2) is 102 Å². The molecule has 4 rings (SSSR count). The first-order chi connectivity index (χ1) is 21.5. The van der Waals surface area contributed by atoms with Crippen molar-refractivity contribution in [2.24, 2.45) is 0 Å². The highest BCUT2D eigenvalue weighted by Gasteiger charge is 2.34. The van der Waals surface area contributed by atoms with Gasteiger partial charge in [0.05, 0.1) is 9.82 Å². The first kappa shape index (κ1) is 33.8. The standard InChI is InChI=1S/C34H42N4O6S/c1-4-22-37(33(39)44-26-28-15-17-31(18-16-28)38(40)41)30-19-23-36(24-20-30)25-21-34(2,29-11-7-5-8-12-29)27-35(3)45(42,43)32-13-9-6-10-14-32/h4-18,30H,1,19-27H2,2-3H3. The number of carbonyl (C=O) groups is 1. The third kappa shape index (κ3) is 8.78. The first-order valence-electron chi connectivity index (χ1n) is 15.1. The number of benzene rings is 3. The summed E-state index contributed by atoms with van der Waals surface area (Å²) in [5, 5.41) is 10.9. The van der Waals surface area contributed by atoms with Gasteiger partial charge in [0.1, 0.15) is 6.61 Å². The molecule has 1 atom stereocenters. The zero-order chi connectivity index (χ0) is 32.5. The molecule has 10 nitrogen and oxygen atoms in total. The quantitative estimate of drug-likeness (QED) is 0.124. The fourth-order valence-electron chi connectivity index (χ4n) is 5.82. The van der Waals surface area contributed by atoms with Crippen molar-refractivity contribution in [2.45, 2.75) is 49.1 Å². The molecule has 45 heavy (non-hydrogen) atoms. The van der Waals surface area contributed by atoms with Crippen LogP contribution in [0.25, 0.3) is 0 Å². The predicted octanol–water partition coefficient (Wildman–Crippen LogP) is 5.85. The second-order valence-electron chi connectivity index (χ2n) is 11.7. The lowest BCUT2D eigenvalue weighted by Gasteiger charge is -2.40. The number of nitro groups is 1. The van der Waals surface area contributed by atoms with Crippen molar-refractivity contribution in [3.8, 4) is 0 Å². The highest BCUT2D eigenvalue weighted by molar-refractivity contribution is 7.89. The number of likely N-dealkylation sites (N-methyl/N-ethyl adjacent to an activating group) is 1. The highest BCUT2D eigenvalue weighted by Crippen LogP contribution is 2.31. The van der Waals surface area contributed by atoms with E-state index in [0.717, 1.165) is 44.5 Å². The first-order valence-corrected chi connectivity index (χ1v) is 16.5. The van der Waals surface area contributed by atoms with Crippen LogP contribution in [0.5, 0.6) is 0 Å². The topological polar surface area (TPSA) is 113 Å². The van der Waals surface area contributed by atoms with Crippen molar-refractivity contribution in [2.75, 3.05) is 39.8 Å². The number of piperidine rings is 1. The van der Waals surface area contributed by atoms with E-state index in [4.69, 9.17) is 4.74 Å². The van der Waals surface area contributed by atoms with Crippen molar-refractivity contribution < 1.29 is 22.9 Å². The normalized spacial score (nSPS) is 15.7. The number of non-ortho nitro benzene ring substituents is 1. The molecule has 0 N–H and O–H groups in total. The monoisotopic (exact) mass is 634 g/mol. The van der Waals surface area contributed by atoms with E-state index in [1.807, 2.05) is 18.2 Å². The van der Waals surface area contributed by atoms with Gasteiger partial charge in [-0.3, -0.25) is 10.1 Å². The van der Waals surface area contributed by atoms with E-state index in [-0.39, 0.29) is 23.2 Å². The predicted molar refractivity (Wildman–Crippen MR) is 174 cm³/mol. The van der Waals surface area contributed by atoms with Crippen LogP contribution in [0.4, 0.5) is 10.5 Å². The van der Waals surface area contributed by atoms with Gasteiger partial charge in [0.2, 0.25) is 10.0 Å². The van der Waals surface area contributed by atoms with Crippen molar-refractivity contribution in [3.63, 3.8) is 0 Å². The number of hydrogen-bond acceptors (Lipinski definition) is 7. The van der Waals surface area contributed by atoms with Gasteiger partial charge in [-0.2, -0.15) is 0 Å². The summed E-state index contributed by atoms with van der Waals surface area (Å²) < 4.78 is 33.7. The van der Waals surface area contributed by atoms with Crippen LogP contribution < -0.4 is 0 Å². The summed E-state index contributed by atoms with van der Waals surface area (Å²) in [5.74, 6) is 0. The molecule has 1 aliphatic rings. The van der Waals surface area contributed by atoms with Gasteiger partial charge in [-0.25, -0.2) is 17.5 Å². The van der Waals surface area contributed by atoms with Crippen LogP contribution in [-0.4, -0.2) is 79.4 Å². The SMILES string of the molecule is C=CCN(C(=O)OCc1ccc([N+](=O)[O-])cc1)C1CCN(CCC(C)(CN(C)S(=O)(=O)c2ccccc2)c2ccccc2)CC1. The van der Waals surface area contributed by atoms with Crippen molar-refractivity contribution in [1.29, 1.82) is 0 Å². The molecule has 1 aliphatic heterocycles. The average molecular weight is 635 g/mol. The molecule has 3 aromatic carbocycles. The van der Waals surface area contributed by atoms with Gasteiger partial charge in [-0.15, -0.1) is 6.58 Å². The molecule has 240 valence electrons. The number of ether oxygens (including phenoxy) is 1. The maximum absolute atomic E-state index is 13.4. The van der Waals surface area contributed by atoms with Gasteiger partial charge in [0.25, 0.3) is 5.69 Å². The lowest BCUT2D eigenvalue weighted by molar-refractivity contribution is -0.384. The Kier molecular flexibility index (Phi) is 11.5. The third-order valence-corrected chi connectivity index (χ3v) is 10.4. The average Bonchev–Trinajstić information content (AvgIpc) is 3.06. The van der Waals surface area contributed by atoms with Crippen molar-refractivity contribution in [3.05, 3.63) is 119 Å². The number of nitrogens with zero attached hydrogens (tertiary/aromatic N) is 4. The molecule has 0 spiro atoms.